The van der Waals surface area contributed by atoms with Crippen LogP contribution in [0.25, 0.3) is 0 Å². The van der Waals surface area contributed by atoms with Crippen LogP contribution in [0.2, 0.25) is 0 Å². The Morgan fingerprint density at radius 1 is 1.00 bits per heavy atom. The molecule has 0 aromatic carbocycles. The minimum Gasteiger partial charge on any atom is -0.494 e. The summed E-state index contributed by atoms with van der Waals surface area (Å²) in [7, 11) is 2.65. The van der Waals surface area contributed by atoms with Crippen LogP contribution in [0.5, 0.6) is 0 Å². The molecule has 0 spiro atoms. The van der Waals surface area contributed by atoms with Gasteiger partial charge in [-0.15, -0.1) is 0 Å². The molecule has 8 nitrogen and oxygen atoms in total. The second-order valence-corrected chi connectivity index (χ2v) is 5.43. The molecule has 146 valence electrons. The number of allylic oxidation sites excluding steroid dienone is 1. The lowest BCUT2D eigenvalue weighted by Crippen LogP contribution is -2.32. The molecule has 1 aliphatic carbocycles. The Labute approximate surface area is 153 Å². The van der Waals surface area contributed by atoms with Crippen molar-refractivity contribution in [3.63, 3.8) is 0 Å². The molecule has 0 aliphatic heterocycles. The van der Waals surface area contributed by atoms with Crippen molar-refractivity contribution in [1.29, 1.82) is 0 Å². The van der Waals surface area contributed by atoms with Gasteiger partial charge in [-0.25, -0.2) is 14.4 Å². The smallest absolute Gasteiger partial charge is 0.413 e. The van der Waals surface area contributed by atoms with Crippen LogP contribution in [-0.4, -0.2) is 56.9 Å². The maximum Gasteiger partial charge on any atom is 0.413 e. The summed E-state index contributed by atoms with van der Waals surface area (Å²) in [6, 6.07) is 0. The zero-order chi connectivity index (χ0) is 19.7. The van der Waals surface area contributed by atoms with Gasteiger partial charge in [-0.05, 0) is 20.3 Å². The van der Waals surface area contributed by atoms with Crippen molar-refractivity contribution in [1.82, 2.24) is 4.90 Å². The van der Waals surface area contributed by atoms with Gasteiger partial charge in [-0.3, -0.25) is 4.90 Å². The molecule has 0 atom stereocenters. The van der Waals surface area contributed by atoms with Crippen LogP contribution in [0.4, 0.5) is 4.79 Å². The molecule has 0 radical (unpaired) electrons. The Balaban J connectivity index is 3.39. The molecule has 8 heteroatoms. The van der Waals surface area contributed by atoms with E-state index in [2.05, 4.69) is 0 Å². The Kier molecular flexibility index (Phi) is 8.67. The van der Waals surface area contributed by atoms with E-state index in [1.807, 2.05) is 6.92 Å². The summed E-state index contributed by atoms with van der Waals surface area (Å²) in [6.07, 6.45) is 1.01. The highest BCUT2D eigenvalue weighted by atomic mass is 16.5. The molecule has 0 aromatic heterocycles. The summed E-state index contributed by atoms with van der Waals surface area (Å²) < 4.78 is 20.3. The van der Waals surface area contributed by atoms with Gasteiger partial charge in [0.25, 0.3) is 0 Å². The number of rotatable bonds is 9. The van der Waals surface area contributed by atoms with Crippen LogP contribution in [0.1, 0.15) is 40.0 Å². The topological polar surface area (TPSA) is 91.4 Å². The van der Waals surface area contributed by atoms with Crippen LogP contribution >= 0.6 is 0 Å². The Morgan fingerprint density at radius 2 is 1.62 bits per heavy atom. The third-order valence-electron chi connectivity index (χ3n) is 3.80. The summed E-state index contributed by atoms with van der Waals surface area (Å²) in [5.74, 6) is -1.20. The van der Waals surface area contributed by atoms with E-state index in [1.54, 1.807) is 13.8 Å². The number of carbonyl (C=O) groups is 3. The molecule has 0 N–H and O–H groups in total. The van der Waals surface area contributed by atoms with E-state index in [-0.39, 0.29) is 36.5 Å². The van der Waals surface area contributed by atoms with Gasteiger partial charge in [0.1, 0.15) is 5.57 Å². The Bertz CT molecular complexity index is 607. The van der Waals surface area contributed by atoms with E-state index in [4.69, 9.17) is 18.9 Å². The number of esters is 2. The number of carbonyl (C=O) groups excluding carboxylic acids is 3. The number of hydrogen-bond acceptors (Lipinski definition) is 7. The fraction of sp³-hybridized carbons (Fsp3) is 0.611. The summed E-state index contributed by atoms with van der Waals surface area (Å²) in [5, 5.41) is 0. The third-order valence-corrected chi connectivity index (χ3v) is 3.80. The van der Waals surface area contributed by atoms with E-state index in [9.17, 15) is 14.4 Å². The van der Waals surface area contributed by atoms with Crippen molar-refractivity contribution in [2.75, 3.05) is 34.0 Å². The van der Waals surface area contributed by atoms with Crippen molar-refractivity contribution >= 4 is 18.0 Å². The van der Waals surface area contributed by atoms with Crippen molar-refractivity contribution in [2.45, 2.75) is 40.0 Å². The van der Waals surface area contributed by atoms with Gasteiger partial charge < -0.3 is 18.9 Å². The first-order valence-electron chi connectivity index (χ1n) is 8.66. The standard InChI is InChI=1S/C18H27NO7/c1-6-9-10-19(18(22)24-5)13-11-12(16(20)25-7-2)14(15(13)23-4)17(21)26-8-3/h6-11H2,1-5H3. The fourth-order valence-corrected chi connectivity index (χ4v) is 2.63. The van der Waals surface area contributed by atoms with Crippen LogP contribution in [0.3, 0.4) is 0 Å². The van der Waals surface area contributed by atoms with E-state index in [0.717, 1.165) is 12.8 Å². The van der Waals surface area contributed by atoms with Gasteiger partial charge in [-0.2, -0.15) is 0 Å². The van der Waals surface area contributed by atoms with E-state index >= 15 is 0 Å². The number of unbranched alkanes of at least 4 members (excludes halogenated alkanes) is 1. The average molecular weight is 369 g/mol. The molecular weight excluding hydrogens is 342 g/mol. The average Bonchev–Trinajstić information content (AvgIpc) is 3.01. The Hall–Kier alpha value is -2.51. The fourth-order valence-electron chi connectivity index (χ4n) is 2.63. The predicted octanol–water partition coefficient (Wildman–Crippen LogP) is 2.54. The van der Waals surface area contributed by atoms with Crippen molar-refractivity contribution < 1.29 is 33.3 Å². The SMILES string of the molecule is CCCCN(C(=O)OC)C1=C(OC)C(C(=O)OCC)=C(C(=O)OCC)C1. The first kappa shape index (κ1) is 21.5. The molecule has 0 heterocycles. The van der Waals surface area contributed by atoms with E-state index in [0.29, 0.717) is 12.2 Å². The molecule has 26 heavy (non-hydrogen) atoms. The molecule has 0 fully saturated rings. The predicted molar refractivity (Wildman–Crippen MR) is 93.0 cm³/mol. The normalized spacial score (nSPS) is 13.6. The number of methoxy groups -OCH3 is 2. The van der Waals surface area contributed by atoms with Crippen LogP contribution in [-0.2, 0) is 28.5 Å². The lowest BCUT2D eigenvalue weighted by atomic mass is 10.1. The second kappa shape index (κ2) is 10.5. The van der Waals surface area contributed by atoms with Gasteiger partial charge >= 0.3 is 18.0 Å². The lowest BCUT2D eigenvalue weighted by Gasteiger charge is -2.23. The van der Waals surface area contributed by atoms with Gasteiger partial charge in [0.2, 0.25) is 0 Å². The minimum atomic E-state index is -0.692. The van der Waals surface area contributed by atoms with E-state index < -0.39 is 18.0 Å². The quantitative estimate of drug-likeness (QED) is 0.455. The third kappa shape index (κ3) is 4.77. The highest BCUT2D eigenvalue weighted by molar-refractivity contribution is 6.05. The van der Waals surface area contributed by atoms with Gasteiger partial charge in [-0.1, -0.05) is 13.3 Å². The molecule has 0 unspecified atom stereocenters. The maximum atomic E-state index is 12.4. The highest BCUT2D eigenvalue weighted by Gasteiger charge is 2.39. The highest BCUT2D eigenvalue weighted by Crippen LogP contribution is 2.36. The van der Waals surface area contributed by atoms with Crippen LogP contribution in [0, 0.1) is 0 Å². The summed E-state index contributed by atoms with van der Waals surface area (Å²) >= 11 is 0. The summed E-state index contributed by atoms with van der Waals surface area (Å²) in [4.78, 5) is 38.4. The zero-order valence-corrected chi connectivity index (χ0v) is 16.0. The van der Waals surface area contributed by atoms with Crippen molar-refractivity contribution in [2.24, 2.45) is 0 Å². The molecule has 0 saturated carbocycles. The lowest BCUT2D eigenvalue weighted by molar-refractivity contribution is -0.141. The molecule has 0 saturated heterocycles. The zero-order valence-electron chi connectivity index (χ0n) is 16.0. The summed E-state index contributed by atoms with van der Waals surface area (Å²) in [5.41, 5.74) is 0.495. The summed E-state index contributed by atoms with van der Waals surface area (Å²) in [6.45, 7) is 6.00. The van der Waals surface area contributed by atoms with Gasteiger partial charge in [0.05, 0.1) is 38.7 Å². The molecule has 1 amide bonds. The molecule has 1 rings (SSSR count). The maximum absolute atomic E-state index is 12.4. The number of hydrogen-bond donors (Lipinski definition) is 0. The molecule has 1 aliphatic rings. The largest absolute Gasteiger partial charge is 0.494 e. The van der Waals surface area contributed by atoms with Crippen LogP contribution in [0.15, 0.2) is 22.6 Å². The molecule has 0 bridgehead atoms. The first-order valence-corrected chi connectivity index (χ1v) is 8.66. The van der Waals surface area contributed by atoms with Gasteiger partial charge in [0, 0.05) is 13.0 Å². The minimum absolute atomic E-state index is 0.00629. The monoisotopic (exact) mass is 369 g/mol. The van der Waals surface area contributed by atoms with Crippen molar-refractivity contribution in [3.8, 4) is 0 Å². The van der Waals surface area contributed by atoms with Crippen molar-refractivity contribution in [3.05, 3.63) is 22.6 Å². The second-order valence-electron chi connectivity index (χ2n) is 5.43. The number of amides is 1. The van der Waals surface area contributed by atoms with Gasteiger partial charge in [0.15, 0.2) is 5.76 Å². The first-order chi connectivity index (χ1) is 12.5. The molecular formula is C18H27NO7. The number of ether oxygens (including phenoxy) is 4. The molecule has 0 aromatic rings. The van der Waals surface area contributed by atoms with Crippen LogP contribution < -0.4 is 0 Å². The number of nitrogens with zero attached hydrogens (tertiary/aromatic N) is 1. The Morgan fingerprint density at radius 3 is 2.12 bits per heavy atom. The van der Waals surface area contributed by atoms with E-state index in [1.165, 1.54) is 19.1 Å².